The minimum absolute atomic E-state index is 0.0128. The van der Waals surface area contributed by atoms with E-state index in [9.17, 15) is 39.5 Å². The average Bonchev–Trinajstić information content (AvgIpc) is 1.76. The number of nitrogens with one attached hydrogen (secondary N) is 2. The van der Waals surface area contributed by atoms with Crippen LogP contribution in [-0.2, 0) is 45.1 Å². The van der Waals surface area contributed by atoms with E-state index in [0.29, 0.717) is 58.9 Å². The summed E-state index contributed by atoms with van der Waals surface area (Å²) in [4.78, 5) is 48.5. The lowest BCUT2D eigenvalue weighted by atomic mass is 10.0. The molecule has 0 amide bonds. The number of benzene rings is 6. The third-order valence-electron chi connectivity index (χ3n) is 16.1. The summed E-state index contributed by atoms with van der Waals surface area (Å²) in [7, 11) is 5.27. The Labute approximate surface area is 631 Å². The molecule has 0 saturated heterocycles. The van der Waals surface area contributed by atoms with Crippen LogP contribution in [0.3, 0.4) is 0 Å². The zero-order chi connectivity index (χ0) is 79.6. The van der Waals surface area contributed by atoms with Crippen LogP contribution in [0, 0.1) is 31.3 Å². The van der Waals surface area contributed by atoms with E-state index >= 15 is 0 Å². The van der Waals surface area contributed by atoms with Gasteiger partial charge in [-0.2, -0.15) is 41.4 Å². The van der Waals surface area contributed by atoms with E-state index in [0.717, 1.165) is 75.5 Å². The number of nitrogens with zero attached hydrogens (tertiary/aromatic N) is 14. The molecule has 0 saturated carbocycles. The Morgan fingerprint density at radius 2 is 0.780 bits per heavy atom. The first-order valence-electron chi connectivity index (χ1n) is 33.3. The van der Waals surface area contributed by atoms with E-state index in [1.807, 2.05) is 75.1 Å². The zero-order valence-electron chi connectivity index (χ0n) is 60.2. The number of aryl methyl sites for hydroxylation is 6. The van der Waals surface area contributed by atoms with E-state index in [2.05, 4.69) is 108 Å². The molecule has 109 heavy (non-hydrogen) atoms. The molecule has 0 fully saturated rings. The Morgan fingerprint density at radius 1 is 0.394 bits per heavy atom. The summed E-state index contributed by atoms with van der Waals surface area (Å²) < 4.78 is 120. The van der Waals surface area contributed by atoms with Crippen molar-refractivity contribution in [3.05, 3.63) is 230 Å². The molecular formula is C76H75Cl2F9N22. The molecule has 22 nitrogen and oxygen atoms in total. The van der Waals surface area contributed by atoms with Gasteiger partial charge in [0.1, 0.15) is 23.3 Å². The number of nitrogen functional groups attached to an aromatic ring is 6. The summed E-state index contributed by atoms with van der Waals surface area (Å²) in [6.45, 7) is 12.0. The van der Waals surface area contributed by atoms with Crippen LogP contribution < -0.4 is 45.0 Å². The number of anilines is 8. The molecule has 0 aliphatic carbocycles. The van der Waals surface area contributed by atoms with E-state index in [1.165, 1.54) is 65.7 Å². The molecular weight excluding hydrogens is 1460 g/mol. The van der Waals surface area contributed by atoms with Gasteiger partial charge in [0, 0.05) is 94.8 Å². The van der Waals surface area contributed by atoms with Crippen molar-refractivity contribution in [2.75, 3.05) is 59.1 Å². The molecule has 0 bridgehead atoms. The Balaban J connectivity index is 0.000000165. The van der Waals surface area contributed by atoms with Crippen LogP contribution in [0.25, 0.3) is 78.4 Å². The van der Waals surface area contributed by atoms with Gasteiger partial charge in [-0.15, -0.1) is 0 Å². The van der Waals surface area contributed by atoms with Crippen molar-refractivity contribution in [1.29, 1.82) is 0 Å². The summed E-state index contributed by atoms with van der Waals surface area (Å²) in [5.74, 6) is -0.631. The second-order valence-electron chi connectivity index (χ2n) is 23.5. The van der Waals surface area contributed by atoms with Crippen molar-refractivity contribution in [2.45, 2.75) is 79.6 Å². The number of nitrogens with two attached hydrogens (primary N) is 6. The Hall–Kier alpha value is -12.4. The van der Waals surface area contributed by atoms with Crippen molar-refractivity contribution < 1.29 is 39.5 Å². The Morgan fingerprint density at radius 3 is 1.28 bits per heavy atom. The Kier molecular flexibility index (Phi) is 27.7. The first-order valence-corrected chi connectivity index (χ1v) is 34.1. The van der Waals surface area contributed by atoms with Crippen molar-refractivity contribution in [3.8, 4) is 67.5 Å². The fourth-order valence-corrected chi connectivity index (χ4v) is 10.8. The average molecular weight is 1540 g/mol. The zero-order valence-corrected chi connectivity index (χ0v) is 61.7. The highest BCUT2D eigenvalue weighted by atomic mass is 35.5. The maximum atomic E-state index is 14.0. The van der Waals surface area contributed by atoms with Crippen LogP contribution in [0.15, 0.2) is 158 Å². The van der Waals surface area contributed by atoms with Gasteiger partial charge in [0.25, 0.3) is 0 Å². The fraction of sp³-hybridized carbons (Fsp3) is 0.197. The van der Waals surface area contributed by atoms with E-state index < -0.39 is 40.9 Å². The number of hydrogen-bond donors (Lipinski definition) is 8. The molecule has 7 aromatic heterocycles. The molecule has 0 spiro atoms. The minimum atomic E-state index is -4.77. The summed E-state index contributed by atoms with van der Waals surface area (Å²) in [6, 6.07) is 40.0. The van der Waals surface area contributed by atoms with Gasteiger partial charge >= 0.3 is 12.4 Å². The van der Waals surface area contributed by atoms with Gasteiger partial charge in [-0.05, 0) is 123 Å². The van der Waals surface area contributed by atoms with Crippen molar-refractivity contribution in [3.63, 3.8) is 0 Å². The first kappa shape index (κ1) is 82.3. The standard InChI is InChI=1S/C14H17N3.C13H12F3N3.C13H14N6.2C12H11ClFN3.C12H10F4N4/c1-4-11-8-13(17-14(15)16-11)12-7-5-6-9(2)10(12)3;1-2-8-7-11(19-12(17)18-8)9-5-3-4-6-10(9)13(14,15)16;1-15-12-6-10(17-13(14)18-12)8-4-3-5-11-9(8)7-16-19(11)2;1-2-8-6-11(17-12(15)16-8)7-3-4-9(13)10(14)5-7;1-2-7-6-10(17-12(15)16-7)8-4-3-5-9(13)11(8)14;1-18-9-5-8(19-11(17)20-9)6-3-2-4-7(10(6)13)12(14,15)16/h5-8H,4H2,1-3H3,(H2,15,16,17);3-7H,2H2,1H3,(H2,17,18,19);3-7H,1-2H3,(H3,14,15,17,18);2*3-6H,2H2,1H3,(H2,15,16,17);2-5H,1H3,(H3,17,18,19,20). The molecule has 0 aliphatic rings. The van der Waals surface area contributed by atoms with Crippen molar-refractivity contribution in [1.82, 2.24) is 69.6 Å². The number of halogens is 11. The molecule has 566 valence electrons. The monoisotopic (exact) mass is 1540 g/mol. The van der Waals surface area contributed by atoms with Gasteiger partial charge in [-0.1, -0.05) is 118 Å². The number of hydrogen-bond acceptors (Lipinski definition) is 21. The second-order valence-corrected chi connectivity index (χ2v) is 24.3. The molecule has 13 aromatic rings. The summed E-state index contributed by atoms with van der Waals surface area (Å²) >= 11 is 11.4. The predicted octanol–water partition coefficient (Wildman–Crippen LogP) is 17.0. The summed E-state index contributed by atoms with van der Waals surface area (Å²) in [5.41, 5.74) is 44.0. The third kappa shape index (κ3) is 21.7. The van der Waals surface area contributed by atoms with Gasteiger partial charge in [-0.3, -0.25) is 4.68 Å². The highest BCUT2D eigenvalue weighted by molar-refractivity contribution is 6.31. The number of fused-ring (bicyclic) bond motifs is 1. The quantitative estimate of drug-likeness (QED) is 0.0527. The lowest BCUT2D eigenvalue weighted by molar-refractivity contribution is -0.140. The van der Waals surface area contributed by atoms with Gasteiger partial charge in [0.15, 0.2) is 5.82 Å². The second kappa shape index (κ2) is 36.8. The SMILES string of the molecule is CCc1cc(-c2ccc(Cl)c(F)c2)nc(N)n1.CCc1cc(-c2cccc(C)c2C)nc(N)n1.CCc1cc(-c2cccc(Cl)c2F)nc(N)n1.CCc1cc(-c2ccccc2C(F)(F)F)nc(N)n1.CNc1cc(-c2cccc(C(F)(F)F)c2F)nc(N)n1.CNc1cc(-c2cccc3c2cnn3C)nc(N)n1. The van der Waals surface area contributed by atoms with Crippen molar-refractivity contribution in [2.24, 2.45) is 7.05 Å². The van der Waals surface area contributed by atoms with E-state index in [1.54, 1.807) is 44.4 Å². The number of alkyl halides is 6. The van der Waals surface area contributed by atoms with Crippen LogP contribution in [0.1, 0.15) is 72.7 Å². The highest BCUT2D eigenvalue weighted by Crippen LogP contribution is 2.39. The molecule has 0 aliphatic heterocycles. The molecule has 6 aromatic carbocycles. The largest absolute Gasteiger partial charge is 0.419 e. The lowest BCUT2D eigenvalue weighted by Gasteiger charge is -2.12. The lowest BCUT2D eigenvalue weighted by Crippen LogP contribution is -2.09. The number of rotatable bonds is 12. The Bertz CT molecular complexity index is 5240. The van der Waals surface area contributed by atoms with Crippen LogP contribution in [0.5, 0.6) is 0 Å². The molecule has 0 radical (unpaired) electrons. The van der Waals surface area contributed by atoms with Gasteiger partial charge in [0.2, 0.25) is 35.7 Å². The minimum Gasteiger partial charge on any atom is -0.373 e. The van der Waals surface area contributed by atoms with E-state index in [4.69, 9.17) is 57.6 Å². The first-order chi connectivity index (χ1) is 51.7. The van der Waals surface area contributed by atoms with Gasteiger partial charge in [0.05, 0.1) is 67.0 Å². The third-order valence-corrected chi connectivity index (χ3v) is 16.7. The predicted molar refractivity (Wildman–Crippen MR) is 412 cm³/mol. The molecule has 14 N–H and O–H groups in total. The molecule has 13 rings (SSSR count). The summed E-state index contributed by atoms with van der Waals surface area (Å²) in [6.07, 6.45) is -4.47. The highest BCUT2D eigenvalue weighted by Gasteiger charge is 2.36. The van der Waals surface area contributed by atoms with Crippen LogP contribution in [0.4, 0.5) is 86.8 Å². The molecule has 7 heterocycles. The van der Waals surface area contributed by atoms with Crippen LogP contribution in [-0.4, -0.2) is 83.7 Å². The topological polar surface area (TPSA) is 353 Å². The fourth-order valence-electron chi connectivity index (χ4n) is 10.5. The van der Waals surface area contributed by atoms with Crippen LogP contribution in [0.2, 0.25) is 10.0 Å². The maximum Gasteiger partial charge on any atom is 0.419 e. The summed E-state index contributed by atoms with van der Waals surface area (Å²) in [5, 5.41) is 11.1. The van der Waals surface area contributed by atoms with Gasteiger partial charge in [-0.25, -0.2) is 63.0 Å². The molecule has 33 heteroatoms. The maximum absolute atomic E-state index is 14.0. The van der Waals surface area contributed by atoms with Crippen molar-refractivity contribution >= 4 is 81.4 Å². The molecule has 0 unspecified atom stereocenters. The van der Waals surface area contributed by atoms with Gasteiger partial charge < -0.3 is 45.0 Å². The number of aromatic nitrogens is 14. The van der Waals surface area contributed by atoms with Crippen LogP contribution >= 0.6 is 23.2 Å². The smallest absolute Gasteiger partial charge is 0.373 e. The molecule has 0 atom stereocenters. The van der Waals surface area contributed by atoms with E-state index in [-0.39, 0.29) is 68.1 Å². The normalized spacial score (nSPS) is 10.9.